The lowest BCUT2D eigenvalue weighted by Crippen LogP contribution is -2.46. The van der Waals surface area contributed by atoms with E-state index in [-0.39, 0.29) is 35.8 Å². The standard InChI is InChI=1S/C27H20ClF6N3O2/c1-16(38)25(18-5-3-2-4-6-18)15-37(14-23(39)35-20-10-8-19(9-11-20)26(29,30)31)36-24(25)17-7-12-21(22(28)13-17)27(32,33)34/h2-13H,14-15H2,1H3,(H,35,39). The van der Waals surface area contributed by atoms with Crippen LogP contribution in [0.15, 0.2) is 77.9 Å². The molecule has 1 atom stereocenters. The molecule has 1 aliphatic rings. The number of Topliss-reactive ketones (excluding diaryl/α,β-unsaturated/α-hetero) is 1. The molecule has 39 heavy (non-hydrogen) atoms. The molecule has 3 aromatic carbocycles. The second-order valence-corrected chi connectivity index (χ2v) is 9.32. The maximum absolute atomic E-state index is 13.3. The Bertz CT molecular complexity index is 1420. The number of carbonyl (C=O) groups is 2. The highest BCUT2D eigenvalue weighted by atomic mass is 35.5. The van der Waals surface area contributed by atoms with Gasteiger partial charge in [0, 0.05) is 11.3 Å². The van der Waals surface area contributed by atoms with Crippen LogP contribution in [0.25, 0.3) is 0 Å². The lowest BCUT2D eigenvalue weighted by molar-refractivity contribution is -0.138. The normalized spacial score (nSPS) is 17.6. The van der Waals surface area contributed by atoms with Crippen LogP contribution in [0.2, 0.25) is 5.02 Å². The molecule has 1 aliphatic heterocycles. The Kier molecular flexibility index (Phi) is 7.48. The largest absolute Gasteiger partial charge is 0.417 e. The number of rotatable bonds is 6. The van der Waals surface area contributed by atoms with Gasteiger partial charge >= 0.3 is 12.4 Å². The summed E-state index contributed by atoms with van der Waals surface area (Å²) in [7, 11) is 0. The van der Waals surface area contributed by atoms with E-state index >= 15 is 0 Å². The average molecular weight is 568 g/mol. The van der Waals surface area contributed by atoms with Crippen LogP contribution in [0.5, 0.6) is 0 Å². The van der Waals surface area contributed by atoms with Gasteiger partial charge < -0.3 is 5.32 Å². The van der Waals surface area contributed by atoms with Crippen molar-refractivity contribution in [3.8, 4) is 0 Å². The summed E-state index contributed by atoms with van der Waals surface area (Å²) in [6.07, 6.45) is -9.22. The molecule has 0 aromatic heterocycles. The fourth-order valence-electron chi connectivity index (χ4n) is 4.44. The molecule has 4 rings (SSSR count). The number of nitrogens with zero attached hydrogens (tertiary/aromatic N) is 2. The lowest BCUT2D eigenvalue weighted by atomic mass is 9.71. The van der Waals surface area contributed by atoms with Crippen LogP contribution in [0.4, 0.5) is 32.0 Å². The maximum Gasteiger partial charge on any atom is 0.417 e. The third-order valence-electron chi connectivity index (χ3n) is 6.30. The van der Waals surface area contributed by atoms with Gasteiger partial charge in [-0.15, -0.1) is 0 Å². The van der Waals surface area contributed by atoms with Crippen LogP contribution in [0.3, 0.4) is 0 Å². The van der Waals surface area contributed by atoms with Crippen molar-refractivity contribution in [2.45, 2.75) is 24.7 Å². The SMILES string of the molecule is CC(=O)C1(c2ccccc2)CN(CC(=O)Nc2ccc(C(F)(F)F)cc2)N=C1c1ccc(C(F)(F)F)c(Cl)c1. The van der Waals surface area contributed by atoms with Gasteiger partial charge in [0.05, 0.1) is 28.4 Å². The summed E-state index contributed by atoms with van der Waals surface area (Å²) in [5, 5.41) is 7.64. The average Bonchev–Trinajstić information content (AvgIpc) is 3.24. The summed E-state index contributed by atoms with van der Waals surface area (Å²) >= 11 is 5.95. The van der Waals surface area contributed by atoms with Gasteiger partial charge in [0.2, 0.25) is 5.91 Å². The van der Waals surface area contributed by atoms with Gasteiger partial charge in [0.25, 0.3) is 0 Å². The Morgan fingerprint density at radius 1 is 0.949 bits per heavy atom. The van der Waals surface area contributed by atoms with Crippen molar-refractivity contribution in [2.75, 3.05) is 18.4 Å². The molecule has 0 spiro atoms. The first kappa shape index (κ1) is 28.2. The molecule has 0 bridgehead atoms. The molecule has 1 heterocycles. The van der Waals surface area contributed by atoms with Crippen molar-refractivity contribution in [3.05, 3.63) is 100 Å². The highest BCUT2D eigenvalue weighted by Crippen LogP contribution is 2.40. The van der Waals surface area contributed by atoms with E-state index in [2.05, 4.69) is 10.4 Å². The van der Waals surface area contributed by atoms with Crippen molar-refractivity contribution in [3.63, 3.8) is 0 Å². The minimum Gasteiger partial charge on any atom is -0.324 e. The van der Waals surface area contributed by atoms with Gasteiger partial charge in [-0.1, -0.05) is 48.0 Å². The molecular weight excluding hydrogens is 548 g/mol. The molecule has 1 amide bonds. The predicted octanol–water partition coefficient (Wildman–Crippen LogP) is 6.56. The molecule has 0 aliphatic carbocycles. The minimum absolute atomic E-state index is 0.110. The zero-order valence-electron chi connectivity index (χ0n) is 20.2. The summed E-state index contributed by atoms with van der Waals surface area (Å²) in [6.45, 7) is 0.821. The van der Waals surface area contributed by atoms with E-state index in [1.54, 1.807) is 30.3 Å². The van der Waals surface area contributed by atoms with Gasteiger partial charge in [-0.05, 0) is 48.9 Å². The number of hydrogen-bond donors (Lipinski definition) is 1. The monoisotopic (exact) mass is 567 g/mol. The number of carbonyl (C=O) groups excluding carboxylic acids is 2. The molecular formula is C27H20ClF6N3O2. The summed E-state index contributed by atoms with van der Waals surface area (Å²) in [5.41, 5.74) is -2.45. The second kappa shape index (κ2) is 10.4. The highest BCUT2D eigenvalue weighted by Gasteiger charge is 2.49. The van der Waals surface area contributed by atoms with Gasteiger partial charge in [-0.3, -0.25) is 14.6 Å². The minimum atomic E-state index is -4.69. The Morgan fingerprint density at radius 2 is 1.59 bits per heavy atom. The quantitative estimate of drug-likeness (QED) is 0.343. The maximum atomic E-state index is 13.3. The molecule has 0 radical (unpaired) electrons. The second-order valence-electron chi connectivity index (χ2n) is 8.91. The Labute approximate surface area is 224 Å². The summed E-state index contributed by atoms with van der Waals surface area (Å²) < 4.78 is 78.3. The van der Waals surface area contributed by atoms with E-state index in [0.29, 0.717) is 5.56 Å². The van der Waals surface area contributed by atoms with Crippen LogP contribution in [-0.2, 0) is 27.4 Å². The fraction of sp³-hybridized carbons (Fsp3) is 0.222. The number of alkyl halides is 6. The van der Waals surface area contributed by atoms with Gasteiger partial charge in [-0.2, -0.15) is 31.4 Å². The number of ketones is 1. The Morgan fingerprint density at radius 3 is 2.13 bits per heavy atom. The highest BCUT2D eigenvalue weighted by molar-refractivity contribution is 6.32. The van der Waals surface area contributed by atoms with Crippen LogP contribution in [-0.4, -0.2) is 35.5 Å². The van der Waals surface area contributed by atoms with E-state index in [9.17, 15) is 35.9 Å². The topological polar surface area (TPSA) is 61.8 Å². The summed E-state index contributed by atoms with van der Waals surface area (Å²) in [5.74, 6) is -0.996. The van der Waals surface area contributed by atoms with Crippen molar-refractivity contribution < 1.29 is 35.9 Å². The molecule has 12 heteroatoms. The van der Waals surface area contributed by atoms with Gasteiger partial charge in [0.15, 0.2) is 0 Å². The van der Waals surface area contributed by atoms with E-state index in [4.69, 9.17) is 11.6 Å². The van der Waals surface area contributed by atoms with Crippen LogP contribution < -0.4 is 5.32 Å². The Hall–Kier alpha value is -3.86. The van der Waals surface area contributed by atoms with Crippen molar-refractivity contribution in [2.24, 2.45) is 5.10 Å². The summed E-state index contributed by atoms with van der Waals surface area (Å²) in [4.78, 5) is 25.9. The number of hydrazone groups is 1. The predicted molar refractivity (Wildman–Crippen MR) is 133 cm³/mol. The number of amides is 1. The summed E-state index contributed by atoms with van der Waals surface area (Å²) in [6, 6.07) is 15.4. The molecule has 0 fully saturated rings. The van der Waals surface area contributed by atoms with Gasteiger partial charge in [-0.25, -0.2) is 0 Å². The van der Waals surface area contributed by atoms with Crippen LogP contribution in [0.1, 0.15) is 29.2 Å². The van der Waals surface area contributed by atoms with E-state index < -0.39 is 39.8 Å². The number of halogens is 7. The molecule has 0 saturated heterocycles. The molecule has 3 aromatic rings. The lowest BCUT2D eigenvalue weighted by Gasteiger charge is -2.29. The fourth-order valence-corrected chi connectivity index (χ4v) is 4.73. The first-order valence-electron chi connectivity index (χ1n) is 11.5. The van der Waals surface area contributed by atoms with Crippen molar-refractivity contribution in [1.29, 1.82) is 0 Å². The molecule has 1 unspecified atom stereocenters. The number of anilines is 1. The Balaban J connectivity index is 1.68. The first-order chi connectivity index (χ1) is 18.2. The van der Waals surface area contributed by atoms with Crippen LogP contribution >= 0.6 is 11.6 Å². The molecule has 1 N–H and O–H groups in total. The third-order valence-corrected chi connectivity index (χ3v) is 6.62. The van der Waals surface area contributed by atoms with E-state index in [0.717, 1.165) is 36.4 Å². The number of nitrogens with one attached hydrogen (secondary N) is 1. The molecule has 0 saturated carbocycles. The number of benzene rings is 3. The molecule has 204 valence electrons. The van der Waals surface area contributed by atoms with E-state index in [1.165, 1.54) is 18.0 Å². The zero-order valence-corrected chi connectivity index (χ0v) is 21.0. The van der Waals surface area contributed by atoms with Gasteiger partial charge in [0.1, 0.15) is 17.7 Å². The first-order valence-corrected chi connectivity index (χ1v) is 11.8. The van der Waals surface area contributed by atoms with E-state index in [1.807, 2.05) is 0 Å². The zero-order chi connectivity index (χ0) is 28.6. The third kappa shape index (κ3) is 5.78. The van der Waals surface area contributed by atoms with Crippen molar-refractivity contribution in [1.82, 2.24) is 5.01 Å². The smallest absolute Gasteiger partial charge is 0.324 e. The molecule has 5 nitrogen and oxygen atoms in total. The van der Waals surface area contributed by atoms with Crippen molar-refractivity contribution >= 4 is 34.7 Å². The number of hydrogen-bond acceptors (Lipinski definition) is 4. The van der Waals surface area contributed by atoms with Crippen LogP contribution in [0, 0.1) is 0 Å².